The van der Waals surface area contributed by atoms with Crippen LogP contribution in [0.4, 0.5) is 5.82 Å². The van der Waals surface area contributed by atoms with Gasteiger partial charge in [0.2, 0.25) is 5.91 Å². The van der Waals surface area contributed by atoms with Crippen molar-refractivity contribution < 1.29 is 9.53 Å². The molecular weight excluding hydrogens is 348 g/mol. The van der Waals surface area contributed by atoms with E-state index in [1.165, 1.54) is 0 Å². The largest absolute Gasteiger partial charge is 0.497 e. The highest BCUT2D eigenvalue weighted by molar-refractivity contribution is 7.17. The number of carbonyl (C=O) groups is 1. The monoisotopic (exact) mass is 368 g/mol. The Morgan fingerprint density at radius 2 is 2.08 bits per heavy atom. The minimum absolute atomic E-state index is 0.0826. The van der Waals surface area contributed by atoms with Crippen molar-refractivity contribution in [1.82, 2.24) is 15.3 Å². The molecule has 1 aliphatic heterocycles. The van der Waals surface area contributed by atoms with Crippen LogP contribution in [0.3, 0.4) is 0 Å². The summed E-state index contributed by atoms with van der Waals surface area (Å²) in [5.74, 6) is 1.81. The number of nitrogens with one attached hydrogen (secondary N) is 1. The van der Waals surface area contributed by atoms with Crippen LogP contribution >= 0.6 is 11.3 Å². The van der Waals surface area contributed by atoms with E-state index < -0.39 is 0 Å². The fraction of sp³-hybridized carbons (Fsp3) is 0.316. The normalized spacial score (nSPS) is 17.8. The quantitative estimate of drug-likeness (QED) is 0.769. The average Bonchev–Trinajstić information content (AvgIpc) is 3.02. The molecule has 1 fully saturated rings. The number of amides is 1. The van der Waals surface area contributed by atoms with Crippen LogP contribution in [0.2, 0.25) is 0 Å². The number of hydrogen-bond donors (Lipinski definition) is 1. The molecule has 6 nitrogen and oxygen atoms in total. The maximum atomic E-state index is 11.9. The maximum Gasteiger partial charge on any atom is 0.222 e. The first-order chi connectivity index (χ1) is 12.7. The van der Waals surface area contributed by atoms with Gasteiger partial charge in [-0.25, -0.2) is 9.97 Å². The first-order valence-electron chi connectivity index (χ1n) is 8.57. The standard InChI is InChI=1S/C19H20N4O2S/c1-12-9-16(24)20-7-8-23(12)18-17-15(10-26-19(17)22-11-21-18)13-3-5-14(25-2)6-4-13/h3-6,10-12H,7-9H2,1-2H3,(H,20,24)/t12-/m0/s1. The summed E-state index contributed by atoms with van der Waals surface area (Å²) in [4.78, 5) is 24.1. The van der Waals surface area contributed by atoms with Crippen LogP contribution in [0.15, 0.2) is 36.0 Å². The molecule has 0 unspecified atom stereocenters. The van der Waals surface area contributed by atoms with Crippen LogP contribution in [0.1, 0.15) is 13.3 Å². The van der Waals surface area contributed by atoms with Gasteiger partial charge in [0.05, 0.1) is 12.5 Å². The second kappa shape index (κ2) is 6.92. The van der Waals surface area contributed by atoms with Crippen molar-refractivity contribution in [2.75, 3.05) is 25.1 Å². The fourth-order valence-corrected chi connectivity index (χ4v) is 4.27. The summed E-state index contributed by atoms with van der Waals surface area (Å²) in [6, 6.07) is 8.10. The van der Waals surface area contributed by atoms with E-state index in [-0.39, 0.29) is 11.9 Å². The van der Waals surface area contributed by atoms with Crippen LogP contribution < -0.4 is 15.0 Å². The zero-order chi connectivity index (χ0) is 18.1. The Labute approximate surface area is 155 Å². The Morgan fingerprint density at radius 1 is 1.27 bits per heavy atom. The third-order valence-electron chi connectivity index (χ3n) is 4.71. The van der Waals surface area contributed by atoms with E-state index in [1.807, 2.05) is 24.3 Å². The van der Waals surface area contributed by atoms with E-state index in [1.54, 1.807) is 24.8 Å². The molecule has 0 radical (unpaired) electrons. The van der Waals surface area contributed by atoms with Gasteiger partial charge in [-0.05, 0) is 24.6 Å². The number of methoxy groups -OCH3 is 1. The number of fused-ring (bicyclic) bond motifs is 1. The van der Waals surface area contributed by atoms with E-state index in [4.69, 9.17) is 4.74 Å². The fourth-order valence-electron chi connectivity index (χ4n) is 3.36. The Bertz CT molecular complexity index is 938. The lowest BCUT2D eigenvalue weighted by atomic mass is 10.1. The van der Waals surface area contributed by atoms with Crippen LogP contribution in [0, 0.1) is 0 Å². The summed E-state index contributed by atoms with van der Waals surface area (Å²) >= 11 is 1.61. The number of thiophene rings is 1. The molecule has 1 aromatic carbocycles. The lowest BCUT2D eigenvalue weighted by Crippen LogP contribution is -2.35. The summed E-state index contributed by atoms with van der Waals surface area (Å²) < 4.78 is 5.26. The summed E-state index contributed by atoms with van der Waals surface area (Å²) in [5.41, 5.74) is 2.21. The first-order valence-corrected chi connectivity index (χ1v) is 9.45. The molecule has 26 heavy (non-hydrogen) atoms. The van der Waals surface area contributed by atoms with Crippen molar-refractivity contribution in [3.05, 3.63) is 36.0 Å². The Balaban J connectivity index is 1.82. The van der Waals surface area contributed by atoms with Crippen molar-refractivity contribution in [2.45, 2.75) is 19.4 Å². The Kier molecular flexibility index (Phi) is 4.46. The highest BCUT2D eigenvalue weighted by Crippen LogP contribution is 2.39. The lowest BCUT2D eigenvalue weighted by molar-refractivity contribution is -0.120. The minimum Gasteiger partial charge on any atom is -0.497 e. The molecule has 1 amide bonds. The van der Waals surface area contributed by atoms with Gasteiger partial charge < -0.3 is 15.0 Å². The van der Waals surface area contributed by atoms with Gasteiger partial charge in [0, 0.05) is 36.5 Å². The molecule has 1 atom stereocenters. The summed E-state index contributed by atoms with van der Waals surface area (Å²) in [5, 5.41) is 6.11. The summed E-state index contributed by atoms with van der Waals surface area (Å²) in [7, 11) is 1.66. The topological polar surface area (TPSA) is 67.4 Å². The van der Waals surface area contributed by atoms with E-state index in [0.29, 0.717) is 13.0 Å². The van der Waals surface area contributed by atoms with Gasteiger partial charge in [0.15, 0.2) is 0 Å². The van der Waals surface area contributed by atoms with E-state index in [9.17, 15) is 4.79 Å². The molecule has 134 valence electrons. The van der Waals surface area contributed by atoms with Crippen LogP contribution in [0.25, 0.3) is 21.3 Å². The number of rotatable bonds is 3. The SMILES string of the molecule is COc1ccc(-c2csc3ncnc(N4CCNC(=O)C[C@@H]4C)c23)cc1. The number of benzene rings is 1. The van der Waals surface area contributed by atoms with Crippen molar-refractivity contribution in [3.63, 3.8) is 0 Å². The molecule has 4 rings (SSSR count). The summed E-state index contributed by atoms with van der Waals surface area (Å²) in [6.45, 7) is 3.42. The second-order valence-electron chi connectivity index (χ2n) is 6.35. The van der Waals surface area contributed by atoms with Crippen molar-refractivity contribution in [3.8, 4) is 16.9 Å². The number of anilines is 1. The summed E-state index contributed by atoms with van der Waals surface area (Å²) in [6.07, 6.45) is 2.08. The van der Waals surface area contributed by atoms with E-state index in [0.717, 1.165) is 39.5 Å². The lowest BCUT2D eigenvalue weighted by Gasteiger charge is -2.28. The minimum atomic E-state index is 0.0826. The molecule has 0 saturated carbocycles. The van der Waals surface area contributed by atoms with Gasteiger partial charge in [-0.15, -0.1) is 11.3 Å². The molecule has 0 spiro atoms. The van der Waals surface area contributed by atoms with E-state index >= 15 is 0 Å². The molecule has 1 N–H and O–H groups in total. The van der Waals surface area contributed by atoms with Gasteiger partial charge in [0.1, 0.15) is 22.7 Å². The molecule has 0 bridgehead atoms. The number of nitrogens with zero attached hydrogens (tertiary/aromatic N) is 3. The van der Waals surface area contributed by atoms with E-state index in [2.05, 4.69) is 32.5 Å². The molecule has 0 aliphatic carbocycles. The third kappa shape index (κ3) is 2.99. The molecule has 1 saturated heterocycles. The first kappa shape index (κ1) is 16.8. The Hall–Kier alpha value is -2.67. The van der Waals surface area contributed by atoms with Gasteiger partial charge in [-0.1, -0.05) is 12.1 Å². The maximum absolute atomic E-state index is 11.9. The van der Waals surface area contributed by atoms with Gasteiger partial charge >= 0.3 is 0 Å². The van der Waals surface area contributed by atoms with Gasteiger partial charge in [-0.3, -0.25) is 4.79 Å². The molecule has 7 heteroatoms. The van der Waals surface area contributed by atoms with Crippen LogP contribution in [-0.4, -0.2) is 42.1 Å². The van der Waals surface area contributed by atoms with Gasteiger partial charge in [-0.2, -0.15) is 0 Å². The zero-order valence-corrected chi connectivity index (χ0v) is 15.5. The van der Waals surface area contributed by atoms with Crippen LogP contribution in [0.5, 0.6) is 5.75 Å². The van der Waals surface area contributed by atoms with Crippen molar-refractivity contribution in [1.29, 1.82) is 0 Å². The average molecular weight is 368 g/mol. The smallest absolute Gasteiger partial charge is 0.222 e. The highest BCUT2D eigenvalue weighted by Gasteiger charge is 2.25. The number of ether oxygens (including phenoxy) is 1. The molecule has 3 aromatic rings. The molecule has 1 aliphatic rings. The third-order valence-corrected chi connectivity index (χ3v) is 5.60. The Morgan fingerprint density at radius 3 is 2.85 bits per heavy atom. The molecule has 2 aromatic heterocycles. The zero-order valence-electron chi connectivity index (χ0n) is 14.7. The number of aromatic nitrogens is 2. The number of hydrogen-bond acceptors (Lipinski definition) is 6. The predicted molar refractivity (Wildman–Crippen MR) is 104 cm³/mol. The predicted octanol–water partition coefficient (Wildman–Crippen LogP) is 3.08. The van der Waals surface area contributed by atoms with Crippen LogP contribution in [-0.2, 0) is 4.79 Å². The second-order valence-corrected chi connectivity index (χ2v) is 7.21. The molecule has 3 heterocycles. The van der Waals surface area contributed by atoms with Crippen molar-refractivity contribution >= 4 is 33.3 Å². The molecular formula is C19H20N4O2S. The van der Waals surface area contributed by atoms with Crippen molar-refractivity contribution in [2.24, 2.45) is 0 Å². The number of carbonyl (C=O) groups excluding carboxylic acids is 1. The highest BCUT2D eigenvalue weighted by atomic mass is 32.1. The van der Waals surface area contributed by atoms with Gasteiger partial charge in [0.25, 0.3) is 0 Å².